The number of allylic oxidation sites excluding steroid dienone is 2. The number of amides is 1. The van der Waals surface area contributed by atoms with E-state index in [9.17, 15) is 29.7 Å². The third kappa shape index (κ3) is 3.42. The van der Waals surface area contributed by atoms with Gasteiger partial charge in [-0.3, -0.25) is 19.3 Å². The number of hydrogen-bond donors (Lipinski definition) is 4. The summed E-state index contributed by atoms with van der Waals surface area (Å²) in [7, 11) is 3.33. The Balaban J connectivity index is 1.96. The highest BCUT2D eigenvalue weighted by molar-refractivity contribution is 6.24. The lowest BCUT2D eigenvalue weighted by atomic mass is 9.52. The Morgan fingerprint density at radius 3 is 2.50 bits per heavy atom. The van der Waals surface area contributed by atoms with Crippen molar-refractivity contribution >= 4 is 28.9 Å². The first kappa shape index (κ1) is 25.4. The SMILES string of the molecule is CCO/N=C(\C)c1ccc(O)c2c1C[C@H]1C[C@H]3[C@H](N(C)C)C(=O)C(C(N)=O)=C(O)[C@@]3(C)C(=O)C1=C2O. The first-order chi connectivity index (χ1) is 16.9. The second kappa shape index (κ2) is 8.77. The van der Waals surface area contributed by atoms with Gasteiger partial charge in [0.05, 0.1) is 22.7 Å². The molecule has 0 unspecified atom stereocenters. The van der Waals surface area contributed by atoms with Crippen molar-refractivity contribution < 1.29 is 34.5 Å². The van der Waals surface area contributed by atoms with E-state index < -0.39 is 52.1 Å². The Labute approximate surface area is 208 Å². The van der Waals surface area contributed by atoms with Crippen molar-refractivity contribution in [3.63, 3.8) is 0 Å². The minimum Gasteiger partial charge on any atom is -0.510 e. The lowest BCUT2D eigenvalue weighted by Gasteiger charge is -2.51. The molecular formula is C26H31N3O7. The van der Waals surface area contributed by atoms with Crippen LogP contribution in [0.15, 0.2) is 34.2 Å². The monoisotopic (exact) mass is 497 g/mol. The van der Waals surface area contributed by atoms with E-state index >= 15 is 0 Å². The van der Waals surface area contributed by atoms with Crippen LogP contribution in [0.2, 0.25) is 0 Å². The van der Waals surface area contributed by atoms with E-state index in [1.807, 2.05) is 0 Å². The molecular weight excluding hydrogens is 466 g/mol. The third-order valence-electron chi connectivity index (χ3n) is 7.79. The van der Waals surface area contributed by atoms with Crippen LogP contribution in [0.5, 0.6) is 5.75 Å². The van der Waals surface area contributed by atoms with E-state index in [4.69, 9.17) is 10.6 Å². The van der Waals surface area contributed by atoms with Gasteiger partial charge in [-0.05, 0) is 71.3 Å². The maximum Gasteiger partial charge on any atom is 0.255 e. The Morgan fingerprint density at radius 1 is 1.25 bits per heavy atom. The highest BCUT2D eigenvalue weighted by atomic mass is 16.6. The van der Waals surface area contributed by atoms with Crippen molar-refractivity contribution in [3.05, 3.63) is 45.7 Å². The van der Waals surface area contributed by atoms with Gasteiger partial charge in [-0.25, -0.2) is 0 Å². The number of primary amides is 1. The molecule has 1 saturated carbocycles. The summed E-state index contributed by atoms with van der Waals surface area (Å²) < 4.78 is 0. The lowest BCUT2D eigenvalue weighted by molar-refractivity contribution is -0.139. The molecule has 0 spiro atoms. The number of nitrogens with zero attached hydrogens (tertiary/aromatic N) is 2. The number of aliphatic hydroxyl groups excluding tert-OH is 2. The number of phenolic OH excluding ortho intramolecular Hbond substituents is 1. The first-order valence-electron chi connectivity index (χ1n) is 11.8. The van der Waals surface area contributed by atoms with Gasteiger partial charge in [0.25, 0.3) is 5.91 Å². The van der Waals surface area contributed by atoms with Crippen LogP contribution in [0.4, 0.5) is 0 Å². The number of fused-ring (bicyclic) bond motifs is 3. The highest BCUT2D eigenvalue weighted by Crippen LogP contribution is 2.56. The van der Waals surface area contributed by atoms with Gasteiger partial charge in [-0.1, -0.05) is 5.16 Å². The molecule has 10 heteroatoms. The van der Waals surface area contributed by atoms with Crippen LogP contribution in [-0.2, 0) is 25.6 Å². The van der Waals surface area contributed by atoms with E-state index in [1.54, 1.807) is 38.9 Å². The third-order valence-corrected chi connectivity index (χ3v) is 7.79. The smallest absolute Gasteiger partial charge is 0.255 e. The standard InChI is InChI=1S/C26H31N3O7/c1-6-36-28-11(2)13-7-8-16(30)18-14(13)9-12-10-15-20(29(4)5)22(32)19(25(27)35)24(34)26(15,3)23(33)17(12)21(18)31/h7-8,12,15,20,30-31,34H,6,9-10H2,1-5H3,(H2,27,35)/b28-11+/t12-,15-,20-,26+/m0/s1. The number of phenols is 1. The maximum atomic E-state index is 14.0. The average Bonchev–Trinajstić information content (AvgIpc) is 2.79. The van der Waals surface area contributed by atoms with E-state index in [0.717, 1.165) is 0 Å². The molecule has 192 valence electrons. The number of rotatable bonds is 5. The van der Waals surface area contributed by atoms with Crippen LogP contribution in [0.1, 0.15) is 43.9 Å². The molecule has 3 aliphatic carbocycles. The van der Waals surface area contributed by atoms with Gasteiger partial charge in [-0.15, -0.1) is 0 Å². The Hall–Kier alpha value is -3.66. The highest BCUT2D eigenvalue weighted by Gasteiger charge is 2.62. The van der Waals surface area contributed by atoms with E-state index in [-0.39, 0.29) is 35.5 Å². The number of oxime groups is 1. The molecule has 0 heterocycles. The first-order valence-corrected chi connectivity index (χ1v) is 11.8. The van der Waals surface area contributed by atoms with Crippen molar-refractivity contribution in [2.45, 2.75) is 39.7 Å². The van der Waals surface area contributed by atoms with Gasteiger partial charge in [-0.2, -0.15) is 0 Å². The summed E-state index contributed by atoms with van der Waals surface area (Å²) in [5.41, 5.74) is 5.16. The van der Waals surface area contributed by atoms with Crippen molar-refractivity contribution in [1.82, 2.24) is 4.90 Å². The summed E-state index contributed by atoms with van der Waals surface area (Å²) in [4.78, 5) is 46.2. The summed E-state index contributed by atoms with van der Waals surface area (Å²) in [6, 6.07) is 2.21. The van der Waals surface area contributed by atoms with E-state index in [0.29, 0.717) is 23.4 Å². The number of nitrogens with two attached hydrogens (primary N) is 1. The van der Waals surface area contributed by atoms with Crippen molar-refractivity contribution in [3.8, 4) is 5.75 Å². The van der Waals surface area contributed by atoms with Gasteiger partial charge in [0, 0.05) is 17.1 Å². The fourth-order valence-electron chi connectivity index (χ4n) is 6.09. The van der Waals surface area contributed by atoms with Gasteiger partial charge >= 0.3 is 0 Å². The van der Waals surface area contributed by atoms with Crippen LogP contribution in [0, 0.1) is 17.3 Å². The molecule has 1 amide bonds. The zero-order valence-corrected chi connectivity index (χ0v) is 21.0. The van der Waals surface area contributed by atoms with Crippen LogP contribution in [-0.4, -0.2) is 70.1 Å². The molecule has 36 heavy (non-hydrogen) atoms. The van der Waals surface area contributed by atoms with Gasteiger partial charge in [0.2, 0.25) is 0 Å². The minimum atomic E-state index is -1.66. The number of benzene rings is 1. The predicted molar refractivity (Wildman–Crippen MR) is 131 cm³/mol. The largest absolute Gasteiger partial charge is 0.510 e. The molecule has 1 aromatic carbocycles. The number of carbonyl (C=O) groups is 3. The summed E-state index contributed by atoms with van der Waals surface area (Å²) in [5.74, 6) is -4.80. The van der Waals surface area contributed by atoms with E-state index in [2.05, 4.69) is 5.16 Å². The number of Topliss-reactive ketones (excluding diaryl/α,β-unsaturated/α-hetero) is 2. The fraction of sp³-hybridized carbons (Fsp3) is 0.462. The van der Waals surface area contributed by atoms with E-state index in [1.165, 1.54) is 13.0 Å². The Kier molecular flexibility index (Phi) is 6.20. The topological polar surface area (TPSA) is 163 Å². The molecule has 4 rings (SSSR count). The molecule has 0 aliphatic heterocycles. The molecule has 0 bridgehead atoms. The zero-order valence-electron chi connectivity index (χ0n) is 21.0. The lowest BCUT2D eigenvalue weighted by Crippen LogP contribution is -2.60. The van der Waals surface area contributed by atoms with Crippen molar-refractivity contribution in [2.75, 3.05) is 20.7 Å². The Bertz CT molecular complexity index is 1280. The second-order valence-corrected chi connectivity index (χ2v) is 9.98. The molecule has 3 aliphatic rings. The summed E-state index contributed by atoms with van der Waals surface area (Å²) >= 11 is 0. The molecule has 1 fully saturated rings. The number of hydrogen-bond acceptors (Lipinski definition) is 9. The molecule has 0 radical (unpaired) electrons. The van der Waals surface area contributed by atoms with Crippen LogP contribution < -0.4 is 5.73 Å². The fourth-order valence-corrected chi connectivity index (χ4v) is 6.09. The van der Waals surface area contributed by atoms with Crippen molar-refractivity contribution in [1.29, 1.82) is 0 Å². The molecule has 0 saturated heterocycles. The number of aliphatic hydroxyl groups is 2. The van der Waals surface area contributed by atoms with Gasteiger partial charge < -0.3 is 25.9 Å². The maximum absolute atomic E-state index is 14.0. The quantitative estimate of drug-likeness (QED) is 0.273. The average molecular weight is 498 g/mol. The summed E-state index contributed by atoms with van der Waals surface area (Å²) in [5, 5.41) is 37.2. The minimum absolute atomic E-state index is 0.0512. The zero-order chi connectivity index (χ0) is 26.7. The van der Waals surface area contributed by atoms with Crippen molar-refractivity contribution in [2.24, 2.45) is 28.1 Å². The number of aromatic hydroxyl groups is 1. The number of carbonyl (C=O) groups excluding carboxylic acids is 3. The Morgan fingerprint density at radius 2 is 1.92 bits per heavy atom. The summed E-state index contributed by atoms with van der Waals surface area (Å²) in [6.45, 7) is 5.39. The number of likely N-dealkylation sites (N-methyl/N-ethyl adjacent to an activating group) is 1. The molecule has 5 N–H and O–H groups in total. The predicted octanol–water partition coefficient (Wildman–Crippen LogP) is 2.00. The van der Waals surface area contributed by atoms with Crippen LogP contribution in [0.25, 0.3) is 5.76 Å². The molecule has 1 aromatic rings. The van der Waals surface area contributed by atoms with Gasteiger partial charge in [0.15, 0.2) is 11.6 Å². The molecule has 10 nitrogen and oxygen atoms in total. The molecule has 4 atom stereocenters. The number of ketones is 2. The summed E-state index contributed by atoms with van der Waals surface area (Å²) in [6.07, 6.45) is 0.555. The molecule has 0 aromatic heterocycles. The van der Waals surface area contributed by atoms with Crippen LogP contribution >= 0.6 is 0 Å². The van der Waals surface area contributed by atoms with Gasteiger partial charge in [0.1, 0.15) is 29.4 Å². The van der Waals surface area contributed by atoms with Crippen LogP contribution in [0.3, 0.4) is 0 Å². The normalized spacial score (nSPS) is 28.2. The second-order valence-electron chi connectivity index (χ2n) is 9.98.